The molecule has 0 radical (unpaired) electrons. The van der Waals surface area contributed by atoms with Crippen LogP contribution in [0, 0.1) is 5.92 Å². The van der Waals surface area contributed by atoms with Gasteiger partial charge in [-0.05, 0) is 24.5 Å². The van der Waals surface area contributed by atoms with Gasteiger partial charge in [0, 0.05) is 12.6 Å². The van der Waals surface area contributed by atoms with E-state index in [0.717, 1.165) is 11.1 Å². The Labute approximate surface area is 173 Å². The van der Waals surface area contributed by atoms with E-state index >= 15 is 0 Å². The zero-order valence-corrected chi connectivity index (χ0v) is 14.1. The van der Waals surface area contributed by atoms with Gasteiger partial charge in [0.25, 0.3) is 0 Å². The summed E-state index contributed by atoms with van der Waals surface area (Å²) in [5, 5.41) is 22.2. The summed E-state index contributed by atoms with van der Waals surface area (Å²) in [5.41, 5.74) is 2.23. The van der Waals surface area contributed by atoms with Crippen molar-refractivity contribution < 1.29 is 19.8 Å². The number of β-lactam (4-membered cyclic amide) rings is 1. The van der Waals surface area contributed by atoms with Crippen LogP contribution in [0.1, 0.15) is 24.5 Å². The Hall–Kier alpha value is -1.25. The second-order valence-corrected chi connectivity index (χ2v) is 6.44. The van der Waals surface area contributed by atoms with Crippen LogP contribution in [0.3, 0.4) is 0 Å². The van der Waals surface area contributed by atoms with Gasteiger partial charge in [-0.25, -0.2) is 4.79 Å². The van der Waals surface area contributed by atoms with Crippen LogP contribution < -0.4 is 5.32 Å². The molecule has 2 heterocycles. The average molecular weight is 370 g/mol. The summed E-state index contributed by atoms with van der Waals surface area (Å²) in [4.78, 5) is 25.8. The molecule has 1 aromatic carbocycles. The van der Waals surface area contributed by atoms with Gasteiger partial charge in [-0.15, -0.1) is 0 Å². The maximum absolute atomic E-state index is 12.2. The molecule has 2 aliphatic heterocycles. The number of amides is 1. The molecule has 1 fully saturated rings. The van der Waals surface area contributed by atoms with E-state index in [2.05, 4.69) is 5.32 Å². The second-order valence-electron chi connectivity index (χ2n) is 6.03. The number of nitrogens with one attached hydrogen (secondary N) is 1. The number of benzene rings is 1. The van der Waals surface area contributed by atoms with E-state index in [4.69, 9.17) is 12.2 Å². The first-order valence-corrected chi connectivity index (χ1v) is 8.07. The minimum absolute atomic E-state index is 0. The molecule has 128 valence electrons. The molecular formula is C17H19N2NaO4S. The molecule has 0 saturated carbocycles. The number of fused-ring (bicyclic) bond motifs is 1. The van der Waals surface area contributed by atoms with Crippen LogP contribution in [0.4, 0.5) is 0 Å². The first-order valence-electron chi connectivity index (χ1n) is 7.67. The van der Waals surface area contributed by atoms with Crippen molar-refractivity contribution in [2.24, 2.45) is 5.92 Å². The van der Waals surface area contributed by atoms with Crippen LogP contribution in [-0.2, 0) is 9.59 Å². The Morgan fingerprint density at radius 2 is 1.96 bits per heavy atom. The predicted octanol–water partition coefficient (Wildman–Crippen LogP) is 0.340. The number of carboxylic acid groups (broad SMARTS) is 1. The van der Waals surface area contributed by atoms with Crippen LogP contribution in [0.15, 0.2) is 30.0 Å². The quantitative estimate of drug-likeness (QED) is 0.402. The summed E-state index contributed by atoms with van der Waals surface area (Å²) in [6.45, 7) is 1.56. The number of nitrogens with zero attached hydrogens (tertiary/aromatic N) is 1. The van der Waals surface area contributed by atoms with Crippen LogP contribution >= 0.6 is 12.2 Å². The summed E-state index contributed by atoms with van der Waals surface area (Å²) in [6, 6.07) is 6.99. The van der Waals surface area contributed by atoms with Crippen LogP contribution in [0.2, 0.25) is 0 Å². The van der Waals surface area contributed by atoms with Gasteiger partial charge in [-0.3, -0.25) is 4.79 Å². The van der Waals surface area contributed by atoms with Crippen molar-refractivity contribution in [3.63, 3.8) is 0 Å². The third-order valence-corrected chi connectivity index (χ3v) is 5.09. The van der Waals surface area contributed by atoms with Crippen LogP contribution in [-0.4, -0.2) is 80.7 Å². The monoisotopic (exact) mass is 370 g/mol. The third kappa shape index (κ3) is 3.27. The number of rotatable bonds is 4. The van der Waals surface area contributed by atoms with E-state index in [9.17, 15) is 19.8 Å². The molecule has 0 bridgehead atoms. The molecule has 3 atom stereocenters. The van der Waals surface area contributed by atoms with Crippen LogP contribution in [0.25, 0.3) is 5.57 Å². The number of aliphatic hydroxyl groups is 1. The fraction of sp³-hybridized carbons (Fsp3) is 0.353. The van der Waals surface area contributed by atoms with Gasteiger partial charge in [0.2, 0.25) is 5.91 Å². The first-order chi connectivity index (χ1) is 11.4. The number of hydrogen-bond donors (Lipinski definition) is 3. The fourth-order valence-corrected chi connectivity index (χ4v) is 3.63. The molecule has 25 heavy (non-hydrogen) atoms. The number of thiocarbonyl (C=S) groups is 1. The number of hydrogen-bond acceptors (Lipinski definition) is 4. The number of carbonyl (C=O) groups excluding carboxylic acids is 1. The summed E-state index contributed by atoms with van der Waals surface area (Å²) >= 11 is 5.17. The summed E-state index contributed by atoms with van der Waals surface area (Å²) in [5.74, 6) is -1.98. The summed E-state index contributed by atoms with van der Waals surface area (Å²) < 4.78 is 0. The third-order valence-electron chi connectivity index (χ3n) is 4.65. The van der Waals surface area contributed by atoms with Crippen molar-refractivity contribution in [2.75, 3.05) is 7.05 Å². The standard InChI is InChI=1S/C17H18N2O4S.Na.H/c1-8(20)13-12-7-11(14(17(22)23)19(12)16(13)21)9-3-5-10(6-4-9)15(24)18-2;;/h3-6,8,12-13,20H,7H2,1-2H3,(H,18,24)(H,22,23);;/t8-,12-,13-;;/m1../s1. The number of aliphatic hydroxyl groups excluding tert-OH is 1. The SMILES string of the molecule is CNC(=S)c1ccc(C2=C(C(=O)O)N3C(=O)[C@H]([C@@H](C)O)[C@H]3C2)cc1.[NaH]. The molecule has 6 nitrogen and oxygen atoms in total. The molecule has 1 saturated heterocycles. The molecule has 0 aliphatic carbocycles. The van der Waals surface area contributed by atoms with E-state index in [1.54, 1.807) is 14.0 Å². The number of carboxylic acids is 1. The zero-order valence-electron chi connectivity index (χ0n) is 13.3. The minimum atomic E-state index is -1.13. The molecule has 2 aliphatic rings. The molecule has 3 N–H and O–H groups in total. The Bertz CT molecular complexity index is 760. The molecule has 3 rings (SSSR count). The van der Waals surface area contributed by atoms with Crippen LogP contribution in [0.5, 0.6) is 0 Å². The van der Waals surface area contributed by atoms with Crippen molar-refractivity contribution >= 4 is 64.2 Å². The molecular weight excluding hydrogens is 351 g/mol. The Balaban J connectivity index is 0.00000225. The van der Waals surface area contributed by atoms with Gasteiger partial charge >= 0.3 is 35.5 Å². The molecule has 8 heteroatoms. The average Bonchev–Trinajstić information content (AvgIpc) is 2.89. The van der Waals surface area contributed by atoms with Crippen molar-refractivity contribution in [2.45, 2.75) is 25.5 Å². The Morgan fingerprint density at radius 1 is 1.36 bits per heavy atom. The molecule has 1 aromatic rings. The van der Waals surface area contributed by atoms with Gasteiger partial charge in [-0.2, -0.15) is 0 Å². The topological polar surface area (TPSA) is 89.9 Å². The van der Waals surface area contributed by atoms with Gasteiger partial charge in [0.05, 0.1) is 18.1 Å². The number of aliphatic carboxylic acids is 1. The molecule has 0 spiro atoms. The molecule has 1 amide bonds. The van der Waals surface area contributed by atoms with E-state index in [-0.39, 0.29) is 47.2 Å². The van der Waals surface area contributed by atoms with E-state index in [0.29, 0.717) is 17.0 Å². The summed E-state index contributed by atoms with van der Waals surface area (Å²) in [6.07, 6.45) is -0.359. The van der Waals surface area contributed by atoms with Gasteiger partial charge < -0.3 is 20.4 Å². The van der Waals surface area contributed by atoms with E-state index < -0.39 is 18.0 Å². The fourth-order valence-electron chi connectivity index (χ4n) is 3.49. The first kappa shape index (κ1) is 20.1. The van der Waals surface area contributed by atoms with Crippen molar-refractivity contribution in [1.29, 1.82) is 0 Å². The van der Waals surface area contributed by atoms with E-state index in [1.807, 2.05) is 24.3 Å². The van der Waals surface area contributed by atoms with Gasteiger partial charge in [0.1, 0.15) is 10.7 Å². The Kier molecular flexibility index (Phi) is 6.06. The molecule has 0 unspecified atom stereocenters. The van der Waals surface area contributed by atoms with Crippen molar-refractivity contribution in [3.05, 3.63) is 41.1 Å². The van der Waals surface area contributed by atoms with Gasteiger partial charge in [0.15, 0.2) is 0 Å². The maximum atomic E-state index is 12.2. The normalized spacial score (nSPS) is 22.7. The second kappa shape index (κ2) is 7.55. The van der Waals surface area contributed by atoms with Gasteiger partial charge in [-0.1, -0.05) is 36.5 Å². The number of carbonyl (C=O) groups is 2. The van der Waals surface area contributed by atoms with Crippen molar-refractivity contribution in [1.82, 2.24) is 10.2 Å². The summed E-state index contributed by atoms with van der Waals surface area (Å²) in [7, 11) is 1.74. The predicted molar refractivity (Wildman–Crippen MR) is 99.3 cm³/mol. The Morgan fingerprint density at radius 3 is 2.44 bits per heavy atom. The van der Waals surface area contributed by atoms with Crippen molar-refractivity contribution in [3.8, 4) is 0 Å². The molecule has 0 aromatic heterocycles. The zero-order chi connectivity index (χ0) is 17.6. The van der Waals surface area contributed by atoms with E-state index in [1.165, 1.54) is 4.90 Å².